The molecule has 0 aliphatic rings. The molecular formula is C13H12O4. The standard InChI is InChI=1S/C13H12O4/c1-9-7-10(4-5-12(9)13(14)15)17-8-11-3-2-6-16-11/h2-7H,8H2,1H3,(H,14,15). The number of rotatable bonds is 4. The number of aromatic carboxylic acids is 1. The minimum atomic E-state index is -0.930. The number of benzene rings is 1. The smallest absolute Gasteiger partial charge is 0.335 e. The molecule has 0 saturated carbocycles. The zero-order valence-corrected chi connectivity index (χ0v) is 9.34. The van der Waals surface area contributed by atoms with Gasteiger partial charge in [0.15, 0.2) is 0 Å². The van der Waals surface area contributed by atoms with Crippen LogP contribution in [0.25, 0.3) is 0 Å². The van der Waals surface area contributed by atoms with E-state index in [0.717, 1.165) is 5.76 Å². The zero-order valence-electron chi connectivity index (χ0n) is 9.34. The number of hydrogen-bond acceptors (Lipinski definition) is 3. The van der Waals surface area contributed by atoms with Gasteiger partial charge in [-0.25, -0.2) is 4.79 Å². The van der Waals surface area contributed by atoms with Gasteiger partial charge in [-0.15, -0.1) is 0 Å². The monoisotopic (exact) mass is 232 g/mol. The van der Waals surface area contributed by atoms with E-state index < -0.39 is 5.97 Å². The summed E-state index contributed by atoms with van der Waals surface area (Å²) in [6, 6.07) is 8.48. The highest BCUT2D eigenvalue weighted by atomic mass is 16.5. The fourth-order valence-corrected chi connectivity index (χ4v) is 1.52. The van der Waals surface area contributed by atoms with E-state index in [4.69, 9.17) is 14.3 Å². The van der Waals surface area contributed by atoms with E-state index in [-0.39, 0.29) is 5.56 Å². The Morgan fingerprint density at radius 2 is 2.24 bits per heavy atom. The van der Waals surface area contributed by atoms with E-state index in [1.54, 1.807) is 31.4 Å². The lowest BCUT2D eigenvalue weighted by Gasteiger charge is -2.06. The number of ether oxygens (including phenoxy) is 1. The molecule has 4 heteroatoms. The summed E-state index contributed by atoms with van der Waals surface area (Å²) in [6.07, 6.45) is 1.58. The Morgan fingerprint density at radius 3 is 2.82 bits per heavy atom. The number of aryl methyl sites for hydroxylation is 1. The fourth-order valence-electron chi connectivity index (χ4n) is 1.52. The van der Waals surface area contributed by atoms with Crippen molar-refractivity contribution >= 4 is 5.97 Å². The third kappa shape index (κ3) is 2.66. The number of furan rings is 1. The fraction of sp³-hybridized carbons (Fsp3) is 0.154. The van der Waals surface area contributed by atoms with Gasteiger partial charge in [0.25, 0.3) is 0 Å². The molecule has 0 radical (unpaired) electrons. The van der Waals surface area contributed by atoms with Crippen molar-refractivity contribution in [2.24, 2.45) is 0 Å². The van der Waals surface area contributed by atoms with Gasteiger partial charge in [-0.3, -0.25) is 0 Å². The minimum absolute atomic E-state index is 0.287. The van der Waals surface area contributed by atoms with Gasteiger partial charge in [0.05, 0.1) is 11.8 Å². The summed E-state index contributed by atoms with van der Waals surface area (Å²) in [4.78, 5) is 10.8. The first-order chi connectivity index (χ1) is 8.16. The summed E-state index contributed by atoms with van der Waals surface area (Å²) < 4.78 is 10.6. The van der Waals surface area contributed by atoms with Crippen LogP contribution in [-0.2, 0) is 6.61 Å². The molecule has 4 nitrogen and oxygen atoms in total. The second-order valence-electron chi connectivity index (χ2n) is 3.65. The molecule has 17 heavy (non-hydrogen) atoms. The van der Waals surface area contributed by atoms with E-state index in [1.165, 1.54) is 6.07 Å². The van der Waals surface area contributed by atoms with Crippen LogP contribution in [0.5, 0.6) is 5.75 Å². The van der Waals surface area contributed by atoms with Gasteiger partial charge in [0, 0.05) is 0 Å². The largest absolute Gasteiger partial charge is 0.486 e. The summed E-state index contributed by atoms with van der Waals surface area (Å²) in [5.74, 6) is 0.425. The van der Waals surface area contributed by atoms with Crippen LogP contribution >= 0.6 is 0 Å². The zero-order chi connectivity index (χ0) is 12.3. The van der Waals surface area contributed by atoms with Gasteiger partial charge in [0.1, 0.15) is 18.1 Å². The SMILES string of the molecule is Cc1cc(OCc2ccco2)ccc1C(=O)O. The van der Waals surface area contributed by atoms with Gasteiger partial charge < -0.3 is 14.3 Å². The molecule has 2 aromatic rings. The van der Waals surface area contributed by atoms with Crippen LogP contribution in [0.4, 0.5) is 0 Å². The van der Waals surface area contributed by atoms with Crippen molar-refractivity contribution in [3.05, 3.63) is 53.5 Å². The molecule has 1 aromatic heterocycles. The average Bonchev–Trinajstić information content (AvgIpc) is 2.78. The molecule has 2 rings (SSSR count). The Kier molecular flexibility index (Phi) is 3.14. The third-order valence-corrected chi connectivity index (χ3v) is 2.39. The van der Waals surface area contributed by atoms with Crippen LogP contribution < -0.4 is 4.74 Å². The van der Waals surface area contributed by atoms with Crippen molar-refractivity contribution in [2.45, 2.75) is 13.5 Å². The first-order valence-corrected chi connectivity index (χ1v) is 5.16. The van der Waals surface area contributed by atoms with E-state index in [1.807, 2.05) is 6.07 Å². The van der Waals surface area contributed by atoms with E-state index >= 15 is 0 Å². The van der Waals surface area contributed by atoms with Crippen molar-refractivity contribution in [2.75, 3.05) is 0 Å². The minimum Gasteiger partial charge on any atom is -0.486 e. The van der Waals surface area contributed by atoms with Gasteiger partial charge in [0.2, 0.25) is 0 Å². The molecule has 0 amide bonds. The molecule has 0 aliphatic heterocycles. The Balaban J connectivity index is 2.07. The Morgan fingerprint density at radius 1 is 1.41 bits per heavy atom. The van der Waals surface area contributed by atoms with Crippen LogP contribution in [-0.4, -0.2) is 11.1 Å². The second kappa shape index (κ2) is 4.74. The molecule has 0 bridgehead atoms. The predicted octanol–water partition coefficient (Wildman–Crippen LogP) is 2.87. The van der Waals surface area contributed by atoms with E-state index in [0.29, 0.717) is 17.9 Å². The summed E-state index contributed by atoms with van der Waals surface area (Å²) in [5.41, 5.74) is 0.963. The van der Waals surface area contributed by atoms with Crippen molar-refractivity contribution in [3.63, 3.8) is 0 Å². The van der Waals surface area contributed by atoms with Crippen molar-refractivity contribution < 1.29 is 19.1 Å². The third-order valence-electron chi connectivity index (χ3n) is 2.39. The molecule has 0 atom stereocenters. The lowest BCUT2D eigenvalue weighted by Crippen LogP contribution is -2.00. The molecule has 1 aromatic carbocycles. The topological polar surface area (TPSA) is 59.7 Å². The predicted molar refractivity (Wildman–Crippen MR) is 61.2 cm³/mol. The number of carbonyl (C=O) groups is 1. The second-order valence-corrected chi connectivity index (χ2v) is 3.65. The first kappa shape index (κ1) is 11.3. The molecular weight excluding hydrogens is 220 g/mol. The summed E-state index contributed by atoms with van der Waals surface area (Å²) in [6.45, 7) is 2.07. The number of carboxylic acid groups (broad SMARTS) is 1. The van der Waals surface area contributed by atoms with Crippen LogP contribution in [0.1, 0.15) is 21.7 Å². The van der Waals surface area contributed by atoms with Crippen molar-refractivity contribution in [3.8, 4) is 5.75 Å². The van der Waals surface area contributed by atoms with Crippen LogP contribution in [0.3, 0.4) is 0 Å². The highest BCUT2D eigenvalue weighted by Crippen LogP contribution is 2.18. The highest BCUT2D eigenvalue weighted by molar-refractivity contribution is 5.89. The Bertz CT molecular complexity index is 514. The Labute approximate surface area is 98.4 Å². The lowest BCUT2D eigenvalue weighted by molar-refractivity contribution is 0.0696. The molecule has 0 fully saturated rings. The maximum atomic E-state index is 10.8. The molecule has 0 unspecified atom stereocenters. The summed E-state index contributed by atoms with van der Waals surface area (Å²) in [7, 11) is 0. The number of hydrogen-bond donors (Lipinski definition) is 1. The maximum Gasteiger partial charge on any atom is 0.335 e. The van der Waals surface area contributed by atoms with Crippen LogP contribution in [0.2, 0.25) is 0 Å². The van der Waals surface area contributed by atoms with E-state index in [2.05, 4.69) is 0 Å². The molecule has 1 heterocycles. The van der Waals surface area contributed by atoms with Gasteiger partial charge in [-0.1, -0.05) is 0 Å². The van der Waals surface area contributed by atoms with E-state index in [9.17, 15) is 4.79 Å². The highest BCUT2D eigenvalue weighted by Gasteiger charge is 2.07. The van der Waals surface area contributed by atoms with Gasteiger partial charge in [-0.2, -0.15) is 0 Å². The van der Waals surface area contributed by atoms with Crippen LogP contribution in [0.15, 0.2) is 41.0 Å². The molecule has 0 spiro atoms. The van der Waals surface area contributed by atoms with Gasteiger partial charge >= 0.3 is 5.97 Å². The van der Waals surface area contributed by atoms with Crippen molar-refractivity contribution in [1.29, 1.82) is 0 Å². The first-order valence-electron chi connectivity index (χ1n) is 5.16. The molecule has 0 aliphatic carbocycles. The normalized spacial score (nSPS) is 10.2. The molecule has 88 valence electrons. The summed E-state index contributed by atoms with van der Waals surface area (Å²) in [5, 5.41) is 8.88. The van der Waals surface area contributed by atoms with Crippen LogP contribution in [0, 0.1) is 6.92 Å². The molecule has 1 N–H and O–H groups in total. The Hall–Kier alpha value is -2.23. The average molecular weight is 232 g/mol. The number of carboxylic acids is 1. The van der Waals surface area contributed by atoms with Gasteiger partial charge in [-0.05, 0) is 42.8 Å². The molecule has 0 saturated heterocycles. The lowest BCUT2D eigenvalue weighted by atomic mass is 10.1. The van der Waals surface area contributed by atoms with Crippen molar-refractivity contribution in [1.82, 2.24) is 0 Å². The quantitative estimate of drug-likeness (QED) is 0.880. The summed E-state index contributed by atoms with van der Waals surface area (Å²) >= 11 is 0. The maximum absolute atomic E-state index is 10.8.